The summed E-state index contributed by atoms with van der Waals surface area (Å²) in [6.45, 7) is -12.1. The topological polar surface area (TPSA) is 1060 Å². The second-order valence-electron chi connectivity index (χ2n) is 36.1. The van der Waals surface area contributed by atoms with E-state index in [0.29, 0.717) is 0 Å². The number of carboxylic acid groups (broad SMARTS) is 2. The lowest BCUT2D eigenvalue weighted by molar-refractivity contribution is -0.421. The predicted octanol–water partition coefficient (Wildman–Crippen LogP) is -24.3. The van der Waals surface area contributed by atoms with Gasteiger partial charge in [0.2, 0.25) is 17.7 Å². The third kappa shape index (κ3) is 28.5. The van der Waals surface area contributed by atoms with Gasteiger partial charge in [-0.3, -0.25) is 28.2 Å². The van der Waals surface area contributed by atoms with E-state index in [1.807, 2.05) is 0 Å². The summed E-state index contributed by atoms with van der Waals surface area (Å²) in [4.78, 5) is 88.4. The molecule has 0 spiro atoms. The first-order valence-electron chi connectivity index (χ1n) is 46.0. The third-order valence-electron chi connectivity index (χ3n) is 25.6. The Morgan fingerprint density at radius 2 is 0.810 bits per heavy atom. The van der Waals surface area contributed by atoms with E-state index in [1.54, 1.807) is 0 Å². The van der Waals surface area contributed by atoms with E-state index in [4.69, 9.17) is 110 Å². The summed E-state index contributed by atoms with van der Waals surface area (Å²) in [5.74, 6) is -15.4. The minimum absolute atomic E-state index is 0.478. The molecule has 10 aliphatic heterocycles. The number of nitrogens with one attached hydrogen (secondary N) is 4. The molecule has 0 aromatic heterocycles. The number of carboxylic acids is 2. The second kappa shape index (κ2) is 54.0. The van der Waals surface area contributed by atoms with Crippen molar-refractivity contribution in [2.24, 2.45) is 5.73 Å². The first-order valence-corrected chi connectivity index (χ1v) is 47.5. The van der Waals surface area contributed by atoms with Gasteiger partial charge >= 0.3 is 25.7 Å². The number of aliphatic hydroxyl groups is 30. The zero-order valence-electron chi connectivity index (χ0n) is 78.4. The van der Waals surface area contributed by atoms with E-state index in [-0.39, 0.29) is 0 Å². The molecule has 10 aliphatic rings. The Balaban J connectivity index is 1.02. The standard InChI is InChI=1S/C79H134N5O62P/c1-21(95)82-37-25(99)10-79(77(120)121,144-61(37)40(104)27(101)12-86)145-63-43(107)33(17-91)129-73(52(63)116)135-59-35(19-93)131-68(39(45(59)109)84-23(3)97)138-62-42(106)32(16-90)128-72(51(62)115)136-60-36(20-94)132-71(49(113)47(60)111)141-66-55(28(102)13-87)134-74(133-54-26(100)9-78(122,76(118)119)143-56(54)29(103)14-88)53(117)65(66)140-75-67(142-69-38(83-22(2)96)44(108)58(126-24(4)98)34(18-92)130-69)64(139-70-48(112)46(110)41(105)31(15-89)127-70)50(114)57(137-75)30(11-81-6-7-85)146-147(123,124)125-8-5-80/h25-75,81,85-94,99-117,122H,5-20,80H2,1-4H3,(H,82,95)(H,83,96)(H,84,97)(H,118,119)(H,120,121)(H,123,124)/t25-,26+,27+,28-,29+,30-,31+,32+,33+,34+,35+,36+,37+,38+,39+,40+,41+,42-,43-,44+,45+,46-,47+,48+,49+,50+,51+,52+,53-,54+,55+,56+,57+,58+,59+,60+,61+,62-,63-,64-,65+,66+,67-,68-,69+,70+,71-,72-,73-,74-,75+,78+,79-/m0/s1. The maximum Gasteiger partial charge on any atom is 0.472 e. The molecule has 1 unspecified atom stereocenters. The number of ether oxygens (including phenoxy) is 20. The highest BCUT2D eigenvalue weighted by atomic mass is 31.2. The van der Waals surface area contributed by atoms with Crippen molar-refractivity contribution in [3.05, 3.63) is 0 Å². The smallest absolute Gasteiger partial charge is 0.472 e. The molecule has 0 bridgehead atoms. The van der Waals surface area contributed by atoms with E-state index in [0.717, 1.165) is 27.7 Å². The van der Waals surface area contributed by atoms with Gasteiger partial charge in [-0.2, -0.15) is 0 Å². The number of esters is 1. The third-order valence-corrected chi connectivity index (χ3v) is 26.7. The van der Waals surface area contributed by atoms with Gasteiger partial charge in [0, 0.05) is 60.2 Å². The Morgan fingerprint density at radius 3 is 1.31 bits per heavy atom. The van der Waals surface area contributed by atoms with Crippen LogP contribution in [0, 0.1) is 0 Å². The number of nitrogens with two attached hydrogens (primary N) is 1. The van der Waals surface area contributed by atoms with Crippen LogP contribution in [0.4, 0.5) is 0 Å². The van der Waals surface area contributed by atoms with Crippen LogP contribution < -0.4 is 27.0 Å². The van der Waals surface area contributed by atoms with Crippen LogP contribution in [0.1, 0.15) is 40.5 Å². The maximum absolute atomic E-state index is 14.0. The molecule has 852 valence electrons. The molecule has 0 aromatic carbocycles. The average molecular weight is 2180 g/mol. The van der Waals surface area contributed by atoms with Gasteiger partial charge in [0.15, 0.2) is 56.4 Å². The van der Waals surface area contributed by atoms with Crippen molar-refractivity contribution in [3.63, 3.8) is 0 Å². The number of phosphoric acid groups is 1. The van der Waals surface area contributed by atoms with Gasteiger partial charge in [-0.15, -0.1) is 0 Å². The van der Waals surface area contributed by atoms with Crippen LogP contribution in [-0.4, -0.2) is 620 Å². The molecule has 0 aliphatic carbocycles. The van der Waals surface area contributed by atoms with E-state index in [1.165, 1.54) is 0 Å². The zero-order chi connectivity index (χ0) is 109. The van der Waals surface area contributed by atoms with Crippen molar-refractivity contribution >= 4 is 43.5 Å². The maximum atomic E-state index is 14.0. The van der Waals surface area contributed by atoms with Crippen LogP contribution >= 0.6 is 7.82 Å². The average Bonchev–Trinajstić information content (AvgIpc) is 0.748. The van der Waals surface area contributed by atoms with Crippen LogP contribution in [0.15, 0.2) is 0 Å². The van der Waals surface area contributed by atoms with Gasteiger partial charge in [0.1, 0.15) is 238 Å². The molecular formula is C79H134N5O62P. The van der Waals surface area contributed by atoms with Gasteiger partial charge in [0.05, 0.1) is 90.9 Å². The number of aliphatic hydroxyl groups excluding tert-OH is 29. The molecule has 10 saturated heterocycles. The molecule has 3 amide bonds. The number of hydrogen-bond acceptors (Lipinski definition) is 61. The summed E-state index contributed by atoms with van der Waals surface area (Å²) in [7, 11) is -5.63. The van der Waals surface area contributed by atoms with Gasteiger partial charge in [-0.05, 0) is 0 Å². The fraction of sp³-hybridized carbons (Fsp3) is 0.924. The van der Waals surface area contributed by atoms with Crippen molar-refractivity contribution in [1.82, 2.24) is 21.3 Å². The second-order valence-corrected chi connectivity index (χ2v) is 37.5. The largest absolute Gasteiger partial charge is 0.477 e. The summed E-state index contributed by atoms with van der Waals surface area (Å²) in [6.07, 6.45) is -120. The molecule has 68 heteroatoms. The zero-order valence-corrected chi connectivity index (χ0v) is 79.3. The molecule has 39 N–H and O–H groups in total. The summed E-state index contributed by atoms with van der Waals surface area (Å²) in [6, 6.07) is -6.06. The fourth-order valence-electron chi connectivity index (χ4n) is 18.3. The molecule has 10 heterocycles. The van der Waals surface area contributed by atoms with Crippen molar-refractivity contribution < 1.29 is 305 Å². The highest BCUT2D eigenvalue weighted by Gasteiger charge is 2.67. The first kappa shape index (κ1) is 124. The Bertz CT molecular complexity index is 4180. The van der Waals surface area contributed by atoms with E-state index >= 15 is 0 Å². The molecule has 0 saturated carbocycles. The minimum atomic E-state index is -5.63. The van der Waals surface area contributed by atoms with Gasteiger partial charge < -0.3 is 290 Å². The number of amides is 3. The molecule has 147 heavy (non-hydrogen) atoms. The highest BCUT2D eigenvalue weighted by molar-refractivity contribution is 7.47. The number of rotatable bonds is 47. The van der Waals surface area contributed by atoms with E-state index < -0.39 is 473 Å². The lowest BCUT2D eigenvalue weighted by Crippen LogP contribution is -2.72. The molecule has 67 nitrogen and oxygen atoms in total. The molecule has 0 radical (unpaired) electrons. The molecule has 10 fully saturated rings. The Kier molecular flexibility index (Phi) is 45.5. The van der Waals surface area contributed by atoms with Crippen molar-refractivity contribution in [1.29, 1.82) is 0 Å². The quantitative estimate of drug-likeness (QED) is 0.0153. The van der Waals surface area contributed by atoms with Crippen molar-refractivity contribution in [2.75, 3.05) is 92.3 Å². The molecular weight excluding hydrogens is 2040 g/mol. The Morgan fingerprint density at radius 1 is 0.395 bits per heavy atom. The Hall–Kier alpha value is -5.11. The Labute approximate surface area is 830 Å². The number of phosphoric ester groups is 1. The van der Waals surface area contributed by atoms with Crippen LogP contribution in [0.2, 0.25) is 0 Å². The minimum Gasteiger partial charge on any atom is -0.477 e. The van der Waals surface area contributed by atoms with Crippen molar-refractivity contribution in [3.8, 4) is 0 Å². The molecule has 10 rings (SSSR count). The lowest BCUT2D eigenvalue weighted by atomic mass is 9.88. The monoisotopic (exact) mass is 2180 g/mol. The number of carbonyl (C=O) groups is 6. The van der Waals surface area contributed by atoms with Crippen LogP contribution in [-0.2, 0) is 137 Å². The molecule has 54 atom stereocenters. The summed E-state index contributed by atoms with van der Waals surface area (Å²) in [5, 5.41) is 373. The predicted molar refractivity (Wildman–Crippen MR) is 451 cm³/mol. The van der Waals surface area contributed by atoms with Crippen LogP contribution in [0.3, 0.4) is 0 Å². The van der Waals surface area contributed by atoms with Crippen LogP contribution in [0.25, 0.3) is 0 Å². The highest BCUT2D eigenvalue weighted by Crippen LogP contribution is 2.49. The van der Waals surface area contributed by atoms with E-state index in [9.17, 15) is 202 Å². The normalized spacial score (nSPS) is 44.8. The summed E-state index contributed by atoms with van der Waals surface area (Å²) >= 11 is 0. The van der Waals surface area contributed by atoms with Crippen LogP contribution in [0.5, 0.6) is 0 Å². The van der Waals surface area contributed by atoms with Gasteiger partial charge in [-0.1, -0.05) is 0 Å². The SMILES string of the molecule is CC(=O)N[C@H]1[C@@H](O[C@@H]2[C@@H](O[C@@H]3[C@H](O)[C@@H](O[C@H]4[C@@H]([C@H](O)CO)O[C@@](O)(C(=O)O)C[C@H]4O)O[C@H]([C@@H](O)CO)[C@H]3O[C@@H]3O[C@H](CO)[C@@H](O[C@@H]4O[C@H](CO)[C@H](O)[C@H](O[C@@H]5O[C@H](CO)[C@@H](O[C@@H]6O[C@H](CO)[C@H](O)[C@H](O[C@]7(C(=O)O)C[C@H](O)[C@@H](NC(C)=O)[C@H]([C@H](O)[C@H](O)CO)O7)[C@H]6O)[C@H](O)[C@H]5NC(C)=O)[C@H]4O)[C@H](O)[C@H]3O)O[C@H]([C@H](CNCCO)OP(=O)(O)OCCN)[C@@H](O)[C@@H]2O[C@H]2O[C@H](CO)[C@@H](O)[C@H](O)[C@H]2O)O[C@H](CO)[C@@H](OC(C)=O)[C@@H]1O. The van der Waals surface area contributed by atoms with E-state index in [2.05, 4.69) is 21.3 Å². The molecule has 0 aromatic rings. The summed E-state index contributed by atoms with van der Waals surface area (Å²) in [5.41, 5.74) is 5.59. The summed E-state index contributed by atoms with van der Waals surface area (Å²) < 4.78 is 144. The fourth-order valence-corrected chi connectivity index (χ4v) is 19.3. The first-order chi connectivity index (χ1) is 69.3. The van der Waals surface area contributed by atoms with Gasteiger partial charge in [-0.25, -0.2) is 14.2 Å². The van der Waals surface area contributed by atoms with Crippen molar-refractivity contribution in [2.45, 2.75) is 365 Å². The number of aliphatic carboxylic acids is 2. The number of hydrogen-bond donors (Lipinski definition) is 38. The van der Waals surface area contributed by atoms with Gasteiger partial charge in [0.25, 0.3) is 11.6 Å². The number of carbonyl (C=O) groups excluding carboxylic acids is 4. The lowest BCUT2D eigenvalue weighted by Gasteiger charge is -2.53.